The average molecular weight is 597 g/mol. The summed E-state index contributed by atoms with van der Waals surface area (Å²) in [6.45, 7) is 3.82. The highest BCUT2D eigenvalue weighted by Crippen LogP contribution is 2.46. The molecule has 2 heterocycles. The third-order valence-electron chi connectivity index (χ3n) is 7.33. The summed E-state index contributed by atoms with van der Waals surface area (Å²) in [5.74, 6) is 1.49. The van der Waals surface area contributed by atoms with Crippen LogP contribution in [0.25, 0.3) is 6.08 Å². The van der Waals surface area contributed by atoms with Crippen LogP contribution in [0, 0.1) is 0 Å². The van der Waals surface area contributed by atoms with Crippen LogP contribution in [0.5, 0.6) is 28.7 Å². The van der Waals surface area contributed by atoms with Crippen molar-refractivity contribution in [2.45, 2.75) is 38.1 Å². The van der Waals surface area contributed by atoms with Crippen LogP contribution < -0.4 is 23.7 Å². The summed E-state index contributed by atoms with van der Waals surface area (Å²) in [4.78, 5) is 13.9. The molecule has 1 unspecified atom stereocenters. The van der Waals surface area contributed by atoms with E-state index in [9.17, 15) is 18.0 Å². The van der Waals surface area contributed by atoms with E-state index >= 15 is 0 Å². The average Bonchev–Trinajstić information content (AvgIpc) is 3.43. The molecule has 0 radical (unpaired) electrons. The molecule has 3 aromatic rings. The molecule has 0 N–H and O–H groups in total. The van der Waals surface area contributed by atoms with E-state index in [4.69, 9.17) is 28.8 Å². The van der Waals surface area contributed by atoms with E-state index in [2.05, 4.69) is 0 Å². The number of hydrogen-bond acceptors (Lipinski definition) is 7. The quantitative estimate of drug-likeness (QED) is 0.295. The minimum atomic E-state index is -4.62. The number of rotatable bonds is 7. The molecule has 3 aromatic carbocycles. The third-order valence-corrected chi connectivity index (χ3v) is 7.33. The van der Waals surface area contributed by atoms with E-state index in [0.717, 1.165) is 12.1 Å². The van der Waals surface area contributed by atoms with Gasteiger partial charge in [0.1, 0.15) is 17.1 Å². The number of methoxy groups -OCH3 is 4. The van der Waals surface area contributed by atoms with Gasteiger partial charge in [0.05, 0.1) is 51.3 Å². The van der Waals surface area contributed by atoms with Crippen molar-refractivity contribution in [3.63, 3.8) is 0 Å². The molecule has 1 amide bonds. The van der Waals surface area contributed by atoms with E-state index in [1.807, 2.05) is 26.0 Å². The van der Waals surface area contributed by atoms with Crippen LogP contribution in [-0.2, 0) is 6.18 Å². The molecule has 226 valence electrons. The molecule has 0 aliphatic carbocycles. The lowest BCUT2D eigenvalue weighted by atomic mass is 9.93. The van der Waals surface area contributed by atoms with Gasteiger partial charge >= 0.3 is 6.18 Å². The van der Waals surface area contributed by atoms with E-state index in [-0.39, 0.29) is 12.0 Å². The number of hydrogen-bond donors (Lipinski definition) is 0. The van der Waals surface area contributed by atoms with Crippen LogP contribution in [-0.4, -0.2) is 50.7 Å². The predicted octanol–water partition coefficient (Wildman–Crippen LogP) is 6.92. The van der Waals surface area contributed by atoms with Crippen molar-refractivity contribution < 1.29 is 41.7 Å². The van der Waals surface area contributed by atoms with Crippen molar-refractivity contribution in [2.24, 2.45) is 5.10 Å². The Balaban J connectivity index is 1.66. The third kappa shape index (κ3) is 5.59. The van der Waals surface area contributed by atoms with Gasteiger partial charge in [-0.15, -0.1) is 0 Å². The minimum Gasteiger partial charge on any atom is -0.496 e. The Hall–Kier alpha value is -4.67. The number of nitrogens with zero attached hydrogens (tertiary/aromatic N) is 2. The maximum atomic E-state index is 13.9. The number of carbonyl (C=O) groups excluding carboxylic acids is 1. The molecule has 1 atom stereocenters. The first-order valence-electron chi connectivity index (χ1n) is 13.4. The fourth-order valence-electron chi connectivity index (χ4n) is 5.21. The van der Waals surface area contributed by atoms with Gasteiger partial charge in [-0.3, -0.25) is 4.79 Å². The van der Waals surface area contributed by atoms with Crippen LogP contribution in [0.15, 0.2) is 59.7 Å². The number of ether oxygens (including phenoxy) is 5. The van der Waals surface area contributed by atoms with Gasteiger partial charge in [0, 0.05) is 17.5 Å². The molecule has 0 spiro atoms. The Labute approximate surface area is 247 Å². The summed E-state index contributed by atoms with van der Waals surface area (Å²) in [7, 11) is 5.98. The number of alkyl halides is 3. The van der Waals surface area contributed by atoms with Gasteiger partial charge in [-0.05, 0) is 74.0 Å². The Morgan fingerprint density at radius 2 is 1.63 bits per heavy atom. The second-order valence-electron chi connectivity index (χ2n) is 10.6. The number of fused-ring (bicyclic) bond motifs is 1. The number of benzene rings is 3. The summed E-state index contributed by atoms with van der Waals surface area (Å²) in [5, 5.41) is 5.91. The fourth-order valence-corrected chi connectivity index (χ4v) is 5.21. The number of hydrazone groups is 1. The normalized spacial score (nSPS) is 17.1. The molecule has 11 heteroatoms. The summed E-state index contributed by atoms with van der Waals surface area (Å²) in [6, 6.07) is 10.5. The topological polar surface area (TPSA) is 78.8 Å². The monoisotopic (exact) mass is 596 g/mol. The maximum Gasteiger partial charge on any atom is 0.416 e. The summed E-state index contributed by atoms with van der Waals surface area (Å²) in [5.41, 5.74) is 0.712. The molecule has 0 fully saturated rings. The van der Waals surface area contributed by atoms with Crippen molar-refractivity contribution >= 4 is 17.7 Å². The molecule has 0 aromatic heterocycles. The first kappa shape index (κ1) is 29.8. The number of carbonyl (C=O) groups is 1. The van der Waals surface area contributed by atoms with E-state index in [1.165, 1.54) is 38.5 Å². The Morgan fingerprint density at radius 1 is 0.953 bits per heavy atom. The molecule has 5 rings (SSSR count). The van der Waals surface area contributed by atoms with Crippen LogP contribution in [0.3, 0.4) is 0 Å². The highest BCUT2D eigenvalue weighted by Gasteiger charge is 2.38. The van der Waals surface area contributed by atoms with Crippen LogP contribution in [0.4, 0.5) is 13.2 Å². The summed E-state index contributed by atoms with van der Waals surface area (Å²) >= 11 is 0. The molecule has 2 aliphatic heterocycles. The van der Waals surface area contributed by atoms with Gasteiger partial charge in [0.2, 0.25) is 5.75 Å². The molecule has 0 saturated carbocycles. The zero-order valence-electron chi connectivity index (χ0n) is 24.5. The van der Waals surface area contributed by atoms with Crippen molar-refractivity contribution in [2.75, 3.05) is 28.4 Å². The standard InChI is InChI=1S/C32H31F3N2O6/c1-31(2)13-12-22-25(39-3)11-10-21(28(22)43-31)23-17-24(19-15-26(40-4)29(42-6)27(16-19)41-5)37(36-23)30(38)18-8-7-9-20(14-18)32(33,34)35/h7-16,24H,17H2,1-6H3. The van der Waals surface area contributed by atoms with E-state index in [1.54, 1.807) is 31.4 Å². The fraction of sp³-hybridized carbons (Fsp3) is 0.312. The molecular formula is C32H31F3N2O6. The smallest absolute Gasteiger partial charge is 0.416 e. The van der Waals surface area contributed by atoms with Gasteiger partial charge in [-0.25, -0.2) is 5.01 Å². The largest absolute Gasteiger partial charge is 0.496 e. The lowest BCUT2D eigenvalue weighted by Crippen LogP contribution is -2.28. The van der Waals surface area contributed by atoms with Crippen molar-refractivity contribution in [1.82, 2.24) is 5.01 Å². The zero-order chi connectivity index (χ0) is 31.1. The minimum absolute atomic E-state index is 0.158. The zero-order valence-corrected chi connectivity index (χ0v) is 24.5. The lowest BCUT2D eigenvalue weighted by molar-refractivity contribution is -0.137. The molecule has 8 nitrogen and oxygen atoms in total. The second kappa shape index (κ2) is 11.2. The van der Waals surface area contributed by atoms with Gasteiger partial charge in [0.15, 0.2) is 11.5 Å². The number of amides is 1. The van der Waals surface area contributed by atoms with Gasteiger partial charge in [0.25, 0.3) is 5.91 Å². The van der Waals surface area contributed by atoms with Crippen molar-refractivity contribution in [1.29, 1.82) is 0 Å². The van der Waals surface area contributed by atoms with Crippen LogP contribution >= 0.6 is 0 Å². The Bertz CT molecular complexity index is 1600. The molecule has 0 saturated heterocycles. The first-order valence-corrected chi connectivity index (χ1v) is 13.4. The summed E-state index contributed by atoms with van der Waals surface area (Å²) in [6.07, 6.45) is -0.569. The van der Waals surface area contributed by atoms with E-state index in [0.29, 0.717) is 51.1 Å². The van der Waals surface area contributed by atoms with Gasteiger partial charge in [-0.1, -0.05) is 6.07 Å². The van der Waals surface area contributed by atoms with Crippen LogP contribution in [0.2, 0.25) is 0 Å². The lowest BCUT2D eigenvalue weighted by Gasteiger charge is -2.30. The SMILES string of the molecule is COc1ccc(C2=NN(C(=O)c3cccc(C(F)(F)F)c3)C(c3cc(OC)c(OC)c(OC)c3)C2)c2c1C=CC(C)(C)O2. The Morgan fingerprint density at radius 3 is 2.23 bits per heavy atom. The highest BCUT2D eigenvalue weighted by molar-refractivity contribution is 6.07. The summed E-state index contributed by atoms with van der Waals surface area (Å²) < 4.78 is 69.0. The molecule has 43 heavy (non-hydrogen) atoms. The maximum absolute atomic E-state index is 13.9. The molecule has 2 aliphatic rings. The van der Waals surface area contributed by atoms with Crippen molar-refractivity contribution in [3.8, 4) is 28.7 Å². The van der Waals surface area contributed by atoms with Crippen LogP contribution in [0.1, 0.15) is 58.9 Å². The molecule has 0 bridgehead atoms. The predicted molar refractivity (Wildman–Crippen MR) is 154 cm³/mol. The van der Waals surface area contributed by atoms with Crippen molar-refractivity contribution in [3.05, 3.63) is 82.4 Å². The van der Waals surface area contributed by atoms with Gasteiger partial charge < -0.3 is 23.7 Å². The molecular weight excluding hydrogens is 565 g/mol. The highest BCUT2D eigenvalue weighted by atomic mass is 19.4. The second-order valence-corrected chi connectivity index (χ2v) is 10.6. The first-order chi connectivity index (χ1) is 20.4. The Kier molecular flexibility index (Phi) is 7.76. The van der Waals surface area contributed by atoms with Gasteiger partial charge in [-0.2, -0.15) is 18.3 Å². The number of halogens is 3. The van der Waals surface area contributed by atoms with E-state index < -0.39 is 29.3 Å².